The summed E-state index contributed by atoms with van der Waals surface area (Å²) in [4.78, 5) is 23.2. The van der Waals surface area contributed by atoms with Crippen LogP contribution in [0.4, 0.5) is 0 Å². The number of ketones is 1. The molecule has 0 bridgehead atoms. The Morgan fingerprint density at radius 1 is 1.25 bits per heavy atom. The van der Waals surface area contributed by atoms with Crippen molar-refractivity contribution >= 4 is 29.3 Å². The highest BCUT2D eigenvalue weighted by Gasteiger charge is 2.58. The van der Waals surface area contributed by atoms with Crippen molar-refractivity contribution in [3.05, 3.63) is 44.4 Å². The van der Waals surface area contributed by atoms with Crippen LogP contribution in [0.5, 0.6) is 0 Å². The Hall–Kier alpha value is -1.08. The van der Waals surface area contributed by atoms with Crippen LogP contribution in [0.1, 0.15) is 44.0 Å². The first kappa shape index (κ1) is 21.0. The number of carbonyl (C=O) groups excluding carboxylic acids is 1. The fraction of sp³-hybridized carbons (Fsp3) is 0.533. The third-order valence-electron chi connectivity index (χ3n) is 3.57. The number of hydrogen-bond donors (Lipinski definition) is 0. The van der Waals surface area contributed by atoms with E-state index in [9.17, 15) is 19.5 Å². The Bertz CT molecular complexity index is 625. The first-order valence-electron chi connectivity index (χ1n) is 7.52. The van der Waals surface area contributed by atoms with Gasteiger partial charge < -0.3 is 9.05 Å². The molecule has 0 aliphatic rings. The summed E-state index contributed by atoms with van der Waals surface area (Å²) in [6.45, 7) is 4.40. The third kappa shape index (κ3) is 4.72. The van der Waals surface area contributed by atoms with Crippen molar-refractivity contribution in [1.29, 1.82) is 0 Å². The van der Waals surface area contributed by atoms with E-state index < -0.39 is 17.8 Å². The summed E-state index contributed by atoms with van der Waals surface area (Å²) in [5.74, 6) is -0.268. The minimum Gasteiger partial charge on any atom is -0.304 e. The molecule has 0 spiro atoms. The molecule has 0 saturated carbocycles. The molecule has 7 nitrogen and oxygen atoms in total. The van der Waals surface area contributed by atoms with Gasteiger partial charge in [0.1, 0.15) is 0 Å². The number of nitrogens with zero attached hydrogens (tertiary/aromatic N) is 1. The van der Waals surface area contributed by atoms with Crippen LogP contribution in [0.25, 0.3) is 0 Å². The molecule has 0 aliphatic carbocycles. The fourth-order valence-corrected chi connectivity index (χ4v) is 4.27. The minimum absolute atomic E-state index is 0.0152. The predicted molar refractivity (Wildman–Crippen MR) is 94.0 cm³/mol. The van der Waals surface area contributed by atoms with E-state index in [1.807, 2.05) is 0 Å². The Morgan fingerprint density at radius 3 is 2.17 bits per heavy atom. The molecule has 0 radical (unpaired) electrons. The van der Waals surface area contributed by atoms with Crippen molar-refractivity contribution < 1.29 is 23.3 Å². The normalized spacial score (nSPS) is 14.2. The molecule has 0 aromatic heterocycles. The second-order valence-electron chi connectivity index (χ2n) is 5.24. The molecule has 134 valence electrons. The van der Waals surface area contributed by atoms with Crippen molar-refractivity contribution in [2.45, 2.75) is 38.9 Å². The van der Waals surface area contributed by atoms with E-state index in [0.29, 0.717) is 5.56 Å². The average Bonchev–Trinajstić information content (AvgIpc) is 2.53. The molecule has 0 N–H and O–H groups in total. The first-order chi connectivity index (χ1) is 11.2. The summed E-state index contributed by atoms with van der Waals surface area (Å²) < 4.78 is 23.9. The summed E-state index contributed by atoms with van der Waals surface area (Å²) >= 11 is 3.27. The molecule has 0 amide bonds. The van der Waals surface area contributed by atoms with E-state index >= 15 is 0 Å². The smallest absolute Gasteiger partial charge is 0.304 e. The molecule has 0 unspecified atom stereocenters. The highest BCUT2D eigenvalue weighted by atomic mass is 79.9. The lowest BCUT2D eigenvalue weighted by molar-refractivity contribution is -0.541. The van der Waals surface area contributed by atoms with Gasteiger partial charge in [0.05, 0.1) is 13.2 Å². The third-order valence-corrected chi connectivity index (χ3v) is 6.87. The molecular weight excluding hydrogens is 401 g/mol. The van der Waals surface area contributed by atoms with Crippen molar-refractivity contribution in [3.63, 3.8) is 0 Å². The van der Waals surface area contributed by atoms with Gasteiger partial charge in [0, 0.05) is 34.7 Å². The molecule has 0 fully saturated rings. The van der Waals surface area contributed by atoms with Crippen LogP contribution >= 0.6 is 23.5 Å². The standard InChI is InChI=1S/C15H21BrNO6P/c1-4-22-24(21,23-5-2)15(3,17(19)20)11-10-14(18)12-6-8-13(16)9-7-12/h6-9H,4-5,10-11H2,1-3H3/t15-/m1/s1. The maximum absolute atomic E-state index is 12.9. The summed E-state index contributed by atoms with van der Waals surface area (Å²) in [5.41, 5.74) is 0.437. The zero-order chi connectivity index (χ0) is 18.4. The van der Waals surface area contributed by atoms with E-state index in [1.165, 1.54) is 6.92 Å². The second kappa shape index (κ2) is 8.85. The summed E-state index contributed by atoms with van der Waals surface area (Å²) in [7, 11) is -4.01. The molecule has 1 aromatic rings. The Kier molecular flexibility index (Phi) is 7.73. The van der Waals surface area contributed by atoms with Crippen LogP contribution < -0.4 is 0 Å². The molecule has 1 rings (SSSR count). The van der Waals surface area contributed by atoms with Gasteiger partial charge in [-0.2, -0.15) is 0 Å². The Morgan fingerprint density at radius 2 is 1.75 bits per heavy atom. The molecular formula is C15H21BrNO6P. The predicted octanol–water partition coefficient (Wildman–Crippen LogP) is 4.67. The molecule has 1 aromatic carbocycles. The molecule has 0 saturated heterocycles. The van der Waals surface area contributed by atoms with Crippen LogP contribution in [0.15, 0.2) is 28.7 Å². The Labute approximate surface area is 149 Å². The van der Waals surface area contributed by atoms with Crippen LogP contribution in [0.3, 0.4) is 0 Å². The molecule has 0 aliphatic heterocycles. The SMILES string of the molecule is CCOP(=O)(OCC)[C@](C)(CCC(=O)c1ccc(Br)cc1)[N+](=O)[O-]. The summed E-state index contributed by atoms with van der Waals surface area (Å²) in [6, 6.07) is 6.68. The van der Waals surface area contributed by atoms with Crippen LogP contribution in [0.2, 0.25) is 0 Å². The topological polar surface area (TPSA) is 95.7 Å². The maximum atomic E-state index is 12.9. The maximum Gasteiger partial charge on any atom is 0.406 e. The van der Waals surface area contributed by atoms with Crippen molar-refractivity contribution in [2.75, 3.05) is 13.2 Å². The quantitative estimate of drug-likeness (QED) is 0.235. The number of hydrogen-bond acceptors (Lipinski definition) is 6. The van der Waals surface area contributed by atoms with Gasteiger partial charge in [-0.1, -0.05) is 28.1 Å². The van der Waals surface area contributed by atoms with Crippen LogP contribution in [-0.2, 0) is 13.6 Å². The Balaban J connectivity index is 2.99. The van der Waals surface area contributed by atoms with E-state index in [0.717, 1.165) is 4.47 Å². The monoisotopic (exact) mass is 421 g/mol. The van der Waals surface area contributed by atoms with E-state index in [4.69, 9.17) is 9.05 Å². The van der Waals surface area contributed by atoms with Gasteiger partial charge in [-0.05, 0) is 26.0 Å². The lowest BCUT2D eigenvalue weighted by Crippen LogP contribution is -2.37. The van der Waals surface area contributed by atoms with Crippen LogP contribution in [0, 0.1) is 10.1 Å². The van der Waals surface area contributed by atoms with Crippen LogP contribution in [-0.4, -0.2) is 29.2 Å². The number of nitro groups is 1. The number of Topliss-reactive ketones (excluding diaryl/α,β-unsaturated/α-hetero) is 1. The highest BCUT2D eigenvalue weighted by Crippen LogP contribution is 2.61. The number of halogens is 1. The average molecular weight is 422 g/mol. The molecule has 0 heterocycles. The lowest BCUT2D eigenvalue weighted by atomic mass is 10.0. The van der Waals surface area contributed by atoms with Gasteiger partial charge in [-0.25, -0.2) is 0 Å². The van der Waals surface area contributed by atoms with Gasteiger partial charge in [0.15, 0.2) is 5.78 Å². The second-order valence-corrected chi connectivity index (χ2v) is 8.63. The van der Waals surface area contributed by atoms with E-state index in [2.05, 4.69) is 15.9 Å². The summed E-state index contributed by atoms with van der Waals surface area (Å²) in [5, 5.41) is 9.58. The summed E-state index contributed by atoms with van der Waals surface area (Å²) in [6.07, 6.45) is -0.380. The zero-order valence-corrected chi connectivity index (χ0v) is 16.3. The molecule has 9 heteroatoms. The van der Waals surface area contributed by atoms with Gasteiger partial charge in [0.2, 0.25) is 0 Å². The van der Waals surface area contributed by atoms with Crippen molar-refractivity contribution in [2.24, 2.45) is 0 Å². The van der Waals surface area contributed by atoms with Gasteiger partial charge in [-0.3, -0.25) is 19.5 Å². The number of benzene rings is 1. The van der Waals surface area contributed by atoms with Gasteiger partial charge in [-0.15, -0.1) is 0 Å². The first-order valence-corrected chi connectivity index (χ1v) is 9.86. The van der Waals surface area contributed by atoms with Crippen molar-refractivity contribution in [3.8, 4) is 0 Å². The van der Waals surface area contributed by atoms with Crippen molar-refractivity contribution in [1.82, 2.24) is 0 Å². The van der Waals surface area contributed by atoms with Gasteiger partial charge in [0.25, 0.3) is 0 Å². The fourth-order valence-electron chi connectivity index (χ4n) is 2.11. The van der Waals surface area contributed by atoms with E-state index in [1.54, 1.807) is 38.1 Å². The minimum atomic E-state index is -4.01. The highest BCUT2D eigenvalue weighted by molar-refractivity contribution is 9.10. The largest absolute Gasteiger partial charge is 0.406 e. The number of carbonyl (C=O) groups is 1. The number of rotatable bonds is 10. The molecule has 24 heavy (non-hydrogen) atoms. The zero-order valence-electron chi connectivity index (χ0n) is 13.9. The van der Waals surface area contributed by atoms with Gasteiger partial charge >= 0.3 is 12.9 Å². The lowest BCUT2D eigenvalue weighted by Gasteiger charge is -2.28. The molecule has 1 atom stereocenters. The van der Waals surface area contributed by atoms with E-state index in [-0.39, 0.29) is 31.8 Å².